The van der Waals surface area contributed by atoms with E-state index in [1.807, 2.05) is 0 Å². The molecule has 0 saturated heterocycles. The number of urea groups is 1. The Morgan fingerprint density at radius 3 is 2.66 bits per heavy atom. The van der Waals surface area contributed by atoms with E-state index in [4.69, 9.17) is 5.84 Å². The number of nitrogens with two attached hydrogens (primary N) is 1. The van der Waals surface area contributed by atoms with Gasteiger partial charge >= 0.3 is 6.03 Å². The molecule has 0 aliphatic heterocycles. The van der Waals surface area contributed by atoms with Crippen LogP contribution in [0.5, 0.6) is 0 Å². The zero-order valence-electron chi connectivity index (χ0n) is 18.6. The van der Waals surface area contributed by atoms with Crippen molar-refractivity contribution in [3.8, 4) is 0 Å². The van der Waals surface area contributed by atoms with Crippen LogP contribution in [0.2, 0.25) is 0 Å². The average molecular weight is 479 g/mol. The molecule has 0 bridgehead atoms. The molecule has 3 rings (SSSR count). The first kappa shape index (κ1) is 24.2. The summed E-state index contributed by atoms with van der Waals surface area (Å²) >= 11 is 0.950. The van der Waals surface area contributed by atoms with Crippen LogP contribution in [0.1, 0.15) is 51.5 Å². The first-order valence-electron chi connectivity index (χ1n) is 10.3. The second-order valence-electron chi connectivity index (χ2n) is 8.57. The summed E-state index contributed by atoms with van der Waals surface area (Å²) in [5.74, 6) is 5.64. The Kier molecular flexibility index (Phi) is 6.99. The van der Waals surface area contributed by atoms with Crippen LogP contribution in [-0.4, -0.2) is 31.6 Å². The molecule has 0 fully saturated rings. The van der Waals surface area contributed by atoms with Crippen molar-refractivity contribution >= 4 is 27.4 Å². The van der Waals surface area contributed by atoms with Crippen molar-refractivity contribution in [1.82, 2.24) is 15.0 Å². The third kappa shape index (κ3) is 5.50. The molecule has 0 saturated carbocycles. The predicted octanol–water partition coefficient (Wildman–Crippen LogP) is 3.37. The lowest BCUT2D eigenvalue weighted by Gasteiger charge is -2.24. The van der Waals surface area contributed by atoms with Gasteiger partial charge < -0.3 is 15.4 Å². The molecule has 2 aliphatic carbocycles. The normalized spacial score (nSPS) is 17.0. The first-order chi connectivity index (χ1) is 14.9. The number of nitrogens with one attached hydrogen (secondary N) is 2. The van der Waals surface area contributed by atoms with Gasteiger partial charge in [0.1, 0.15) is 4.21 Å². The number of carbonyl (C=O) groups excluding carboxylic acids is 1. The van der Waals surface area contributed by atoms with E-state index in [0.29, 0.717) is 23.3 Å². The van der Waals surface area contributed by atoms with Gasteiger partial charge in [0.25, 0.3) is 10.0 Å². The van der Waals surface area contributed by atoms with Crippen LogP contribution >= 0.6 is 11.3 Å². The number of rotatable bonds is 7. The molecule has 0 unspecified atom stereocenters. The number of amides is 2. The topological polar surface area (TPSA) is 125 Å². The Morgan fingerprint density at radius 2 is 2.03 bits per heavy atom. The van der Waals surface area contributed by atoms with Crippen LogP contribution in [0, 0.1) is 0 Å². The number of hydrogen-bond donors (Lipinski definition) is 4. The van der Waals surface area contributed by atoms with E-state index in [1.165, 1.54) is 16.6 Å². The lowest BCUT2D eigenvalue weighted by atomic mass is 9.87. The fraction of sp³-hybridized carbons (Fsp3) is 0.409. The van der Waals surface area contributed by atoms with Crippen molar-refractivity contribution < 1.29 is 18.3 Å². The largest absolute Gasteiger partial charge is 0.386 e. The SMILES string of the molecule is C=C(/C=C\N(C)N)C1=C(NC(=O)NS(=O)(=O)c2cc(C(C)(C)O)cs2)C2=C(CCC2)CC1. The highest BCUT2D eigenvalue weighted by Crippen LogP contribution is 2.41. The molecule has 0 radical (unpaired) electrons. The molecule has 1 aromatic rings. The molecule has 10 heteroatoms. The van der Waals surface area contributed by atoms with Gasteiger partial charge in [-0.15, -0.1) is 11.3 Å². The van der Waals surface area contributed by atoms with E-state index < -0.39 is 21.7 Å². The number of carbonyl (C=O) groups is 1. The Balaban J connectivity index is 1.84. The van der Waals surface area contributed by atoms with Crippen LogP contribution in [0.25, 0.3) is 0 Å². The Hall–Kier alpha value is -2.40. The molecule has 5 N–H and O–H groups in total. The number of nitrogens with zero attached hydrogens (tertiary/aromatic N) is 1. The van der Waals surface area contributed by atoms with Crippen LogP contribution in [0.3, 0.4) is 0 Å². The summed E-state index contributed by atoms with van der Waals surface area (Å²) in [6.45, 7) is 7.25. The molecule has 32 heavy (non-hydrogen) atoms. The maximum Gasteiger partial charge on any atom is 0.333 e. The van der Waals surface area contributed by atoms with Crippen molar-refractivity contribution in [3.05, 3.63) is 63.9 Å². The molecule has 2 aliphatic rings. The molecule has 8 nitrogen and oxygen atoms in total. The number of allylic oxidation sites excluding steroid dienone is 5. The molecule has 0 spiro atoms. The molecule has 2 amide bonds. The van der Waals surface area contributed by atoms with Crippen LogP contribution in [0.15, 0.2) is 62.5 Å². The van der Waals surface area contributed by atoms with E-state index in [2.05, 4.69) is 16.6 Å². The summed E-state index contributed by atoms with van der Waals surface area (Å²) in [6, 6.07) is 0.545. The summed E-state index contributed by atoms with van der Waals surface area (Å²) in [5, 5.41) is 15.8. The maximum absolute atomic E-state index is 12.7. The third-order valence-electron chi connectivity index (χ3n) is 5.52. The third-order valence-corrected chi connectivity index (χ3v) is 8.29. The highest BCUT2D eigenvalue weighted by molar-refractivity contribution is 7.92. The zero-order valence-corrected chi connectivity index (χ0v) is 20.2. The van der Waals surface area contributed by atoms with Crippen LogP contribution < -0.4 is 15.9 Å². The summed E-state index contributed by atoms with van der Waals surface area (Å²) in [7, 11) is -2.39. The van der Waals surface area contributed by atoms with E-state index in [1.54, 1.807) is 38.6 Å². The van der Waals surface area contributed by atoms with Gasteiger partial charge in [0.2, 0.25) is 0 Å². The zero-order chi connectivity index (χ0) is 23.7. The van der Waals surface area contributed by atoms with Gasteiger partial charge in [0.15, 0.2) is 0 Å². The fourth-order valence-electron chi connectivity index (χ4n) is 3.84. The quantitative estimate of drug-likeness (QED) is 0.271. The minimum atomic E-state index is -4.08. The second kappa shape index (κ2) is 9.22. The summed E-state index contributed by atoms with van der Waals surface area (Å²) in [4.78, 5) is 12.7. The van der Waals surface area contributed by atoms with Gasteiger partial charge in [-0.25, -0.2) is 23.8 Å². The van der Waals surface area contributed by atoms with Crippen molar-refractivity contribution in [2.75, 3.05) is 7.05 Å². The van der Waals surface area contributed by atoms with Gasteiger partial charge in [-0.1, -0.05) is 12.2 Å². The molecule has 174 valence electrons. The molecule has 1 heterocycles. The monoisotopic (exact) mass is 478 g/mol. The van der Waals surface area contributed by atoms with E-state index in [0.717, 1.165) is 48.2 Å². The Labute approximate surface area is 193 Å². The van der Waals surface area contributed by atoms with Gasteiger partial charge in [-0.05, 0) is 85.8 Å². The van der Waals surface area contributed by atoms with E-state index in [9.17, 15) is 18.3 Å². The molecular formula is C22H30N4O4S2. The number of thiophene rings is 1. The highest BCUT2D eigenvalue weighted by atomic mass is 32.2. The minimum Gasteiger partial charge on any atom is -0.386 e. The number of aliphatic hydroxyl groups is 1. The highest BCUT2D eigenvalue weighted by Gasteiger charge is 2.29. The predicted molar refractivity (Wildman–Crippen MR) is 126 cm³/mol. The minimum absolute atomic E-state index is 0.0401. The van der Waals surface area contributed by atoms with Crippen LogP contribution in [-0.2, 0) is 15.6 Å². The van der Waals surface area contributed by atoms with E-state index >= 15 is 0 Å². The average Bonchev–Trinajstić information content (AvgIpc) is 3.35. The number of hydrogen-bond acceptors (Lipinski definition) is 7. The lowest BCUT2D eigenvalue weighted by molar-refractivity contribution is 0.0789. The van der Waals surface area contributed by atoms with Gasteiger partial charge in [0, 0.05) is 18.9 Å². The lowest BCUT2D eigenvalue weighted by Crippen LogP contribution is -2.40. The van der Waals surface area contributed by atoms with Crippen LogP contribution in [0.4, 0.5) is 4.79 Å². The molecule has 1 aromatic heterocycles. The molecule has 0 aromatic carbocycles. The van der Waals surface area contributed by atoms with E-state index in [-0.39, 0.29) is 4.21 Å². The van der Waals surface area contributed by atoms with Crippen molar-refractivity contribution in [3.63, 3.8) is 0 Å². The maximum atomic E-state index is 12.7. The summed E-state index contributed by atoms with van der Waals surface area (Å²) in [6.07, 6.45) is 7.87. The van der Waals surface area contributed by atoms with Gasteiger partial charge in [-0.3, -0.25) is 0 Å². The summed E-state index contributed by atoms with van der Waals surface area (Å²) in [5.41, 5.74) is 3.88. The van der Waals surface area contributed by atoms with Crippen molar-refractivity contribution in [1.29, 1.82) is 0 Å². The Morgan fingerprint density at radius 1 is 1.31 bits per heavy atom. The standard InChI is InChI=1S/C22H30N4O4S2/c1-14(10-11-26(4)23)17-9-8-15-6-5-7-18(15)20(17)24-21(27)25-32(29,30)19-12-16(13-31-19)22(2,3)28/h10-13,28H,1,5-9,23H2,2-4H3,(H2,24,25,27)/b11-10-. The number of hydrazine groups is 1. The van der Waals surface area contributed by atoms with Gasteiger partial charge in [0.05, 0.1) is 5.60 Å². The molecule has 0 atom stereocenters. The fourth-order valence-corrected chi connectivity index (χ4v) is 6.09. The molecular weight excluding hydrogens is 448 g/mol. The number of sulfonamides is 1. The second-order valence-corrected chi connectivity index (χ2v) is 11.4. The first-order valence-corrected chi connectivity index (χ1v) is 12.7. The van der Waals surface area contributed by atoms with Crippen molar-refractivity contribution in [2.45, 2.75) is 55.8 Å². The summed E-state index contributed by atoms with van der Waals surface area (Å²) < 4.78 is 27.5. The Bertz CT molecular complexity index is 1120. The smallest absolute Gasteiger partial charge is 0.333 e. The van der Waals surface area contributed by atoms with Gasteiger partial charge in [-0.2, -0.15) is 0 Å². The van der Waals surface area contributed by atoms with Crippen molar-refractivity contribution in [2.24, 2.45) is 5.84 Å².